The summed E-state index contributed by atoms with van der Waals surface area (Å²) in [7, 11) is 0. The monoisotopic (exact) mass is 471 g/mol. The number of pyridine rings is 1. The van der Waals surface area contributed by atoms with Gasteiger partial charge >= 0.3 is 12.2 Å². The van der Waals surface area contributed by atoms with Crippen LogP contribution in [0, 0.1) is 11.4 Å². The van der Waals surface area contributed by atoms with Gasteiger partial charge in [-0.05, 0) is 72.4 Å². The molecule has 0 atom stereocenters. The molecule has 2 aromatic heterocycles. The van der Waals surface area contributed by atoms with Crippen LogP contribution in [0.1, 0.15) is 72.1 Å². The number of aromatic nitrogens is 2. The molecular weight excluding hydrogens is 436 g/mol. The number of fused-ring (bicyclic) bond motifs is 1. The average molecular weight is 472 g/mol. The summed E-state index contributed by atoms with van der Waals surface area (Å²) in [6.07, 6.45) is 3.98. The van der Waals surface area contributed by atoms with Gasteiger partial charge in [0.2, 0.25) is 4.91 Å². The van der Waals surface area contributed by atoms with Gasteiger partial charge in [0.1, 0.15) is 28.4 Å². The molecule has 0 radical (unpaired) electrons. The van der Waals surface area contributed by atoms with Crippen LogP contribution in [-0.2, 0) is 22.6 Å². The number of ether oxygens (including phenoxy) is 2. The number of nitrogens with zero attached hydrogens (tertiary/aromatic N) is 5. The van der Waals surface area contributed by atoms with Crippen molar-refractivity contribution in [3.05, 3.63) is 29.6 Å². The molecule has 34 heavy (non-hydrogen) atoms. The standard InChI is InChI=1S/C24H35N6O4/c1-23(2,3)33-21(31)29(14-16-8-7-9-16)15-18-11-19-20(10-17(12-26-19)13-27-28-25)30(18)22(32)34-24(4,5)6/h10-12,16,25H,7-9,13-15H2,1-6H3/q+1. The topological polar surface area (TPSA) is 124 Å². The van der Waals surface area contributed by atoms with Crippen LogP contribution in [0.15, 0.2) is 23.4 Å². The predicted octanol–water partition coefficient (Wildman–Crippen LogP) is 5.41. The number of carbonyl (C=O) groups excluding carboxylic acids is 2. The zero-order valence-electron chi connectivity index (χ0n) is 20.9. The SMILES string of the molecule is CC(C)(C)OC(=O)N(Cc1cc2ncc(CN=[N+]=N)cc2n1C(=O)OC(C)(C)C)CC1CCC1. The molecule has 0 saturated heterocycles. The lowest BCUT2D eigenvalue weighted by atomic mass is 9.85. The first-order valence-electron chi connectivity index (χ1n) is 11.6. The number of rotatable bonds is 6. The lowest BCUT2D eigenvalue weighted by Crippen LogP contribution is -2.41. The fourth-order valence-corrected chi connectivity index (χ4v) is 3.73. The van der Waals surface area contributed by atoms with Crippen molar-refractivity contribution in [1.29, 1.82) is 5.53 Å². The van der Waals surface area contributed by atoms with Crippen LogP contribution in [0.25, 0.3) is 11.0 Å². The summed E-state index contributed by atoms with van der Waals surface area (Å²) in [5.41, 5.74) is 8.00. The summed E-state index contributed by atoms with van der Waals surface area (Å²) in [6.45, 7) is 11.8. The Morgan fingerprint density at radius 2 is 1.85 bits per heavy atom. The van der Waals surface area contributed by atoms with Crippen LogP contribution in [0.3, 0.4) is 0 Å². The maximum absolute atomic E-state index is 13.3. The second-order valence-corrected chi connectivity index (χ2v) is 10.8. The summed E-state index contributed by atoms with van der Waals surface area (Å²) in [5.74, 6) is 0.423. The first-order valence-corrected chi connectivity index (χ1v) is 11.6. The van der Waals surface area contributed by atoms with E-state index < -0.39 is 23.4 Å². The fraction of sp³-hybridized carbons (Fsp3) is 0.625. The minimum absolute atomic E-state index is 0.174. The van der Waals surface area contributed by atoms with E-state index in [0.29, 0.717) is 34.8 Å². The maximum Gasteiger partial charge on any atom is 0.419 e. The van der Waals surface area contributed by atoms with Gasteiger partial charge in [0.25, 0.3) is 0 Å². The minimum Gasteiger partial charge on any atom is -0.444 e. The molecule has 0 aliphatic heterocycles. The van der Waals surface area contributed by atoms with E-state index in [1.807, 2.05) is 20.8 Å². The third-order valence-electron chi connectivity index (χ3n) is 5.39. The Bertz CT molecular complexity index is 1100. The Morgan fingerprint density at radius 3 is 2.41 bits per heavy atom. The Labute approximate surface area is 199 Å². The summed E-state index contributed by atoms with van der Waals surface area (Å²) in [5, 5.41) is 3.70. The van der Waals surface area contributed by atoms with Gasteiger partial charge in [-0.1, -0.05) is 6.42 Å². The first kappa shape index (κ1) is 25.4. The van der Waals surface area contributed by atoms with Gasteiger partial charge in [-0.25, -0.2) is 14.2 Å². The molecule has 0 spiro atoms. The molecular formula is C24H35N6O4+. The zero-order valence-corrected chi connectivity index (χ0v) is 20.9. The second-order valence-electron chi connectivity index (χ2n) is 10.8. The highest BCUT2D eigenvalue weighted by atomic mass is 16.6. The van der Waals surface area contributed by atoms with Crippen molar-refractivity contribution in [3.63, 3.8) is 0 Å². The normalized spacial score (nSPS) is 14.3. The van der Waals surface area contributed by atoms with Crippen molar-refractivity contribution in [1.82, 2.24) is 19.4 Å². The van der Waals surface area contributed by atoms with E-state index in [1.165, 1.54) is 4.57 Å². The molecule has 1 saturated carbocycles. The van der Waals surface area contributed by atoms with E-state index in [-0.39, 0.29) is 13.1 Å². The first-order chi connectivity index (χ1) is 15.9. The van der Waals surface area contributed by atoms with Crippen molar-refractivity contribution in [2.24, 2.45) is 11.0 Å². The van der Waals surface area contributed by atoms with Crippen LogP contribution < -0.4 is 4.91 Å². The number of nitrogens with one attached hydrogen (secondary N) is 1. The highest BCUT2D eigenvalue weighted by Crippen LogP contribution is 2.29. The zero-order chi connectivity index (χ0) is 25.1. The number of hydrogen-bond acceptors (Lipinski definition) is 7. The van der Waals surface area contributed by atoms with Gasteiger partial charge in [-0.2, -0.15) is 0 Å². The quantitative estimate of drug-likeness (QED) is 0.446. The van der Waals surface area contributed by atoms with Gasteiger partial charge in [0, 0.05) is 18.3 Å². The number of amides is 1. The molecule has 3 rings (SSSR count). The Balaban J connectivity index is 2.03. The summed E-state index contributed by atoms with van der Waals surface area (Å²) >= 11 is 0. The summed E-state index contributed by atoms with van der Waals surface area (Å²) in [4.78, 5) is 35.5. The van der Waals surface area contributed by atoms with Crippen molar-refractivity contribution in [2.45, 2.75) is 85.1 Å². The lowest BCUT2D eigenvalue weighted by Gasteiger charge is -2.33. The third-order valence-corrected chi connectivity index (χ3v) is 5.39. The largest absolute Gasteiger partial charge is 0.444 e. The smallest absolute Gasteiger partial charge is 0.419 e. The molecule has 10 heteroatoms. The average Bonchev–Trinajstić information content (AvgIpc) is 3.02. The molecule has 2 heterocycles. The molecule has 0 bridgehead atoms. The van der Waals surface area contributed by atoms with E-state index >= 15 is 0 Å². The Hall–Kier alpha value is -3.26. The van der Waals surface area contributed by atoms with Crippen LogP contribution in [-0.4, -0.2) is 44.4 Å². The highest BCUT2D eigenvalue weighted by Gasteiger charge is 2.30. The molecule has 1 aliphatic rings. The molecule has 1 fully saturated rings. The molecule has 1 amide bonds. The molecule has 184 valence electrons. The van der Waals surface area contributed by atoms with Gasteiger partial charge in [0.15, 0.2) is 0 Å². The van der Waals surface area contributed by atoms with Crippen LogP contribution in [0.5, 0.6) is 0 Å². The Morgan fingerprint density at radius 1 is 1.18 bits per heavy atom. The lowest BCUT2D eigenvalue weighted by molar-refractivity contribution is 0.0163. The second kappa shape index (κ2) is 9.93. The predicted molar refractivity (Wildman–Crippen MR) is 126 cm³/mol. The molecule has 1 aliphatic carbocycles. The minimum atomic E-state index is -0.702. The number of carbonyl (C=O) groups is 2. The van der Waals surface area contributed by atoms with Crippen LogP contribution in [0.4, 0.5) is 9.59 Å². The van der Waals surface area contributed by atoms with Gasteiger partial charge in [-0.3, -0.25) is 4.98 Å². The van der Waals surface area contributed by atoms with E-state index in [4.69, 9.17) is 15.0 Å². The molecule has 2 aromatic rings. The highest BCUT2D eigenvalue weighted by molar-refractivity contribution is 5.89. The molecule has 1 N–H and O–H groups in total. The Kier molecular flexibility index (Phi) is 7.41. The van der Waals surface area contributed by atoms with Crippen molar-refractivity contribution in [2.75, 3.05) is 6.54 Å². The molecule has 10 nitrogen and oxygen atoms in total. The van der Waals surface area contributed by atoms with Gasteiger partial charge < -0.3 is 14.4 Å². The summed E-state index contributed by atoms with van der Waals surface area (Å²) < 4.78 is 12.8. The van der Waals surface area contributed by atoms with E-state index in [9.17, 15) is 9.59 Å². The maximum atomic E-state index is 13.3. The molecule has 0 aromatic carbocycles. The fourth-order valence-electron chi connectivity index (χ4n) is 3.73. The molecule has 0 unspecified atom stereocenters. The van der Waals surface area contributed by atoms with E-state index in [1.54, 1.807) is 44.0 Å². The number of hydrogen-bond donors (Lipinski definition) is 1. The van der Waals surface area contributed by atoms with Gasteiger partial charge in [-0.15, -0.1) is 0 Å². The van der Waals surface area contributed by atoms with E-state index in [0.717, 1.165) is 19.3 Å². The van der Waals surface area contributed by atoms with Crippen molar-refractivity contribution < 1.29 is 19.1 Å². The van der Waals surface area contributed by atoms with Crippen LogP contribution >= 0.6 is 0 Å². The van der Waals surface area contributed by atoms with Crippen molar-refractivity contribution in [3.8, 4) is 0 Å². The van der Waals surface area contributed by atoms with Gasteiger partial charge in [0.05, 0.1) is 23.3 Å². The van der Waals surface area contributed by atoms with Crippen molar-refractivity contribution >= 4 is 23.2 Å². The third kappa shape index (κ3) is 6.63. The van der Waals surface area contributed by atoms with E-state index in [2.05, 4.69) is 15.0 Å². The van der Waals surface area contributed by atoms with Crippen LogP contribution in [0.2, 0.25) is 0 Å². The summed E-state index contributed by atoms with van der Waals surface area (Å²) in [6, 6.07) is 3.58.